The van der Waals surface area contributed by atoms with Crippen molar-refractivity contribution in [3.05, 3.63) is 65.5 Å². The summed E-state index contributed by atoms with van der Waals surface area (Å²) in [6, 6.07) is 15.5. The molecule has 0 aliphatic rings. The van der Waals surface area contributed by atoms with Crippen molar-refractivity contribution < 1.29 is 4.42 Å². The molecule has 2 aromatic carbocycles. The van der Waals surface area contributed by atoms with E-state index in [0.717, 1.165) is 16.8 Å². The predicted molar refractivity (Wildman–Crippen MR) is 84.3 cm³/mol. The van der Waals surface area contributed by atoms with Gasteiger partial charge in [0.15, 0.2) is 0 Å². The molecule has 0 aliphatic carbocycles. The van der Waals surface area contributed by atoms with Crippen molar-refractivity contribution in [1.82, 2.24) is 10.2 Å². The zero-order chi connectivity index (χ0) is 14.7. The maximum atomic E-state index is 5.65. The minimum Gasteiger partial charge on any atom is -0.417 e. The molecule has 3 rings (SSSR count). The van der Waals surface area contributed by atoms with Crippen LogP contribution in [-0.4, -0.2) is 10.2 Å². The van der Waals surface area contributed by atoms with E-state index in [1.54, 1.807) is 6.08 Å². The summed E-state index contributed by atoms with van der Waals surface area (Å²) in [6.07, 6.45) is 3.70. The Balaban J connectivity index is 1.78. The fourth-order valence-electron chi connectivity index (χ4n) is 1.89. The van der Waals surface area contributed by atoms with Crippen molar-refractivity contribution in [2.24, 2.45) is 0 Å². The molecule has 1 heterocycles. The van der Waals surface area contributed by atoms with E-state index in [-0.39, 0.29) is 0 Å². The molecule has 0 unspecified atom stereocenters. The molecule has 21 heavy (non-hydrogen) atoms. The molecule has 0 radical (unpaired) electrons. The highest BCUT2D eigenvalue weighted by Crippen LogP contribution is 2.19. The van der Waals surface area contributed by atoms with E-state index >= 15 is 0 Å². The van der Waals surface area contributed by atoms with Gasteiger partial charge < -0.3 is 10.2 Å². The fraction of sp³-hybridized carbons (Fsp3) is 0.0588. The maximum absolute atomic E-state index is 5.65. The zero-order valence-corrected chi connectivity index (χ0v) is 11.7. The lowest BCUT2D eigenvalue weighted by atomic mass is 10.1. The van der Waals surface area contributed by atoms with Gasteiger partial charge in [0.1, 0.15) is 0 Å². The van der Waals surface area contributed by atoms with Crippen LogP contribution in [0, 0.1) is 6.92 Å². The Bertz CT molecular complexity index is 755. The van der Waals surface area contributed by atoms with Gasteiger partial charge in [0.25, 0.3) is 0 Å². The van der Waals surface area contributed by atoms with Crippen LogP contribution in [0.5, 0.6) is 0 Å². The van der Waals surface area contributed by atoms with E-state index in [9.17, 15) is 0 Å². The van der Waals surface area contributed by atoms with Gasteiger partial charge in [-0.05, 0) is 42.8 Å². The van der Waals surface area contributed by atoms with Crippen LogP contribution >= 0.6 is 0 Å². The van der Waals surface area contributed by atoms with Crippen LogP contribution in [0.1, 0.15) is 17.0 Å². The smallest absolute Gasteiger partial charge is 0.248 e. The molecule has 0 fully saturated rings. The Kier molecular flexibility index (Phi) is 3.51. The molecule has 0 aliphatic heterocycles. The first kappa shape index (κ1) is 13.1. The van der Waals surface area contributed by atoms with Gasteiger partial charge >= 0.3 is 0 Å². The lowest BCUT2D eigenvalue weighted by molar-refractivity contribution is 0.558. The summed E-state index contributed by atoms with van der Waals surface area (Å²) in [5.74, 6) is 0.995. The predicted octanol–water partition coefficient (Wildman–Crippen LogP) is 3.80. The second-order valence-electron chi connectivity index (χ2n) is 4.81. The minimum absolute atomic E-state index is 0.474. The largest absolute Gasteiger partial charge is 0.417 e. The molecule has 0 atom stereocenters. The van der Waals surface area contributed by atoms with E-state index in [1.807, 2.05) is 61.5 Å². The van der Waals surface area contributed by atoms with Crippen LogP contribution in [0.2, 0.25) is 0 Å². The van der Waals surface area contributed by atoms with Crippen molar-refractivity contribution in [2.45, 2.75) is 6.92 Å². The van der Waals surface area contributed by atoms with Crippen LogP contribution in [0.15, 0.2) is 52.9 Å². The summed E-state index contributed by atoms with van der Waals surface area (Å²) in [5, 5.41) is 8.07. The number of rotatable bonds is 3. The molecule has 0 saturated carbocycles. The molecule has 0 saturated heterocycles. The molecular weight excluding hydrogens is 262 g/mol. The molecule has 4 heteroatoms. The fourth-order valence-corrected chi connectivity index (χ4v) is 1.89. The molecule has 104 valence electrons. The Morgan fingerprint density at radius 1 is 0.905 bits per heavy atom. The van der Waals surface area contributed by atoms with E-state index in [4.69, 9.17) is 10.2 Å². The molecule has 0 amide bonds. The Hall–Kier alpha value is -2.88. The summed E-state index contributed by atoms with van der Waals surface area (Å²) in [5.41, 5.74) is 9.53. The van der Waals surface area contributed by atoms with E-state index in [1.165, 1.54) is 5.56 Å². The van der Waals surface area contributed by atoms with Crippen LogP contribution in [0.25, 0.3) is 23.6 Å². The highest BCUT2D eigenvalue weighted by atomic mass is 16.4. The van der Waals surface area contributed by atoms with Crippen LogP contribution in [-0.2, 0) is 0 Å². The van der Waals surface area contributed by atoms with Gasteiger partial charge in [-0.15, -0.1) is 10.2 Å². The Morgan fingerprint density at radius 2 is 1.62 bits per heavy atom. The summed E-state index contributed by atoms with van der Waals surface area (Å²) in [7, 11) is 0. The topological polar surface area (TPSA) is 64.9 Å². The third-order valence-electron chi connectivity index (χ3n) is 3.09. The normalized spacial score (nSPS) is 11.1. The van der Waals surface area contributed by atoms with Gasteiger partial charge in [0, 0.05) is 17.3 Å². The zero-order valence-electron chi connectivity index (χ0n) is 11.7. The van der Waals surface area contributed by atoms with Gasteiger partial charge in [-0.2, -0.15) is 0 Å². The van der Waals surface area contributed by atoms with Crippen molar-refractivity contribution in [2.75, 3.05) is 5.73 Å². The lowest BCUT2D eigenvalue weighted by Crippen LogP contribution is -1.82. The standard InChI is InChI=1S/C17H15N3O/c1-12-2-7-14(8-3-12)17-20-19-16(21-17)11-6-13-4-9-15(18)10-5-13/h2-11H,18H2,1H3. The average molecular weight is 277 g/mol. The van der Waals surface area contributed by atoms with Gasteiger partial charge in [-0.3, -0.25) is 0 Å². The van der Waals surface area contributed by atoms with Crippen molar-refractivity contribution >= 4 is 17.8 Å². The number of anilines is 1. The van der Waals surface area contributed by atoms with Gasteiger partial charge in [-0.25, -0.2) is 0 Å². The third kappa shape index (κ3) is 3.17. The number of nitrogens with two attached hydrogens (primary N) is 1. The number of nitrogens with zero attached hydrogens (tertiary/aromatic N) is 2. The van der Waals surface area contributed by atoms with Gasteiger partial charge in [-0.1, -0.05) is 29.8 Å². The van der Waals surface area contributed by atoms with Crippen LogP contribution in [0.3, 0.4) is 0 Å². The maximum Gasteiger partial charge on any atom is 0.248 e. The van der Waals surface area contributed by atoms with Gasteiger partial charge in [0.2, 0.25) is 11.8 Å². The van der Waals surface area contributed by atoms with E-state index in [0.29, 0.717) is 11.8 Å². The second-order valence-corrected chi connectivity index (χ2v) is 4.81. The van der Waals surface area contributed by atoms with Crippen LogP contribution < -0.4 is 5.73 Å². The number of hydrogen-bond acceptors (Lipinski definition) is 4. The second kappa shape index (κ2) is 5.63. The molecule has 1 aromatic heterocycles. The average Bonchev–Trinajstić information content (AvgIpc) is 2.96. The number of aryl methyl sites for hydroxylation is 1. The summed E-state index contributed by atoms with van der Waals surface area (Å²) in [6.45, 7) is 2.04. The monoisotopic (exact) mass is 277 g/mol. The quantitative estimate of drug-likeness (QED) is 0.739. The van der Waals surface area contributed by atoms with Crippen LogP contribution in [0.4, 0.5) is 5.69 Å². The summed E-state index contributed by atoms with van der Waals surface area (Å²) in [4.78, 5) is 0. The summed E-state index contributed by atoms with van der Waals surface area (Å²) < 4.78 is 5.62. The molecule has 4 nitrogen and oxygen atoms in total. The molecular formula is C17H15N3O. The number of benzene rings is 2. The number of hydrogen-bond donors (Lipinski definition) is 1. The first-order chi connectivity index (χ1) is 10.2. The first-order valence-corrected chi connectivity index (χ1v) is 6.65. The first-order valence-electron chi connectivity index (χ1n) is 6.65. The van der Waals surface area contributed by atoms with Gasteiger partial charge in [0.05, 0.1) is 0 Å². The highest BCUT2D eigenvalue weighted by Gasteiger charge is 2.05. The number of nitrogen functional groups attached to an aromatic ring is 1. The molecule has 2 N–H and O–H groups in total. The summed E-state index contributed by atoms with van der Waals surface area (Å²) >= 11 is 0. The molecule has 0 spiro atoms. The molecule has 0 bridgehead atoms. The lowest BCUT2D eigenvalue weighted by Gasteiger charge is -1.95. The van der Waals surface area contributed by atoms with Crippen molar-refractivity contribution in [3.8, 4) is 11.5 Å². The minimum atomic E-state index is 0.474. The Morgan fingerprint density at radius 3 is 2.33 bits per heavy atom. The highest BCUT2D eigenvalue weighted by molar-refractivity contribution is 5.67. The third-order valence-corrected chi connectivity index (χ3v) is 3.09. The molecule has 3 aromatic rings. The van der Waals surface area contributed by atoms with Crippen molar-refractivity contribution in [1.29, 1.82) is 0 Å². The van der Waals surface area contributed by atoms with E-state index < -0.39 is 0 Å². The van der Waals surface area contributed by atoms with Crippen molar-refractivity contribution in [3.63, 3.8) is 0 Å². The van der Waals surface area contributed by atoms with E-state index in [2.05, 4.69) is 10.2 Å². The number of aromatic nitrogens is 2. The SMILES string of the molecule is Cc1ccc(-c2nnc(C=Cc3ccc(N)cc3)o2)cc1. The Labute approximate surface area is 122 Å².